The SMILES string of the molecule is CCC=C(OC)c1ccc2c(c1)CC(C)(C)C(c1cccc(NC)c1)N2.CNS. The van der Waals surface area contributed by atoms with Crippen molar-refractivity contribution in [2.24, 2.45) is 5.41 Å². The summed E-state index contributed by atoms with van der Waals surface area (Å²) in [7, 11) is 5.45. The minimum Gasteiger partial charge on any atom is -0.496 e. The zero-order valence-electron chi connectivity index (χ0n) is 18.5. The van der Waals surface area contributed by atoms with Gasteiger partial charge in [-0.25, -0.2) is 0 Å². The van der Waals surface area contributed by atoms with E-state index in [1.807, 2.05) is 7.05 Å². The van der Waals surface area contributed by atoms with Crippen molar-refractivity contribution in [3.8, 4) is 0 Å². The maximum Gasteiger partial charge on any atom is 0.122 e. The first kappa shape index (κ1) is 23.2. The number of ether oxygens (including phenoxy) is 1. The first-order valence-corrected chi connectivity index (χ1v) is 10.6. The summed E-state index contributed by atoms with van der Waals surface area (Å²) >= 11 is 3.54. The smallest absolute Gasteiger partial charge is 0.122 e. The molecule has 1 aliphatic rings. The molecule has 0 fully saturated rings. The number of nitrogens with one attached hydrogen (secondary N) is 3. The van der Waals surface area contributed by atoms with Gasteiger partial charge in [-0.2, -0.15) is 0 Å². The van der Waals surface area contributed by atoms with E-state index < -0.39 is 0 Å². The first-order chi connectivity index (χ1) is 13.9. The summed E-state index contributed by atoms with van der Waals surface area (Å²) in [5.74, 6) is 0.956. The molecule has 0 saturated carbocycles. The molecule has 5 heteroatoms. The summed E-state index contributed by atoms with van der Waals surface area (Å²) in [5, 5.41) is 7.03. The van der Waals surface area contributed by atoms with Crippen molar-refractivity contribution in [1.29, 1.82) is 0 Å². The summed E-state index contributed by atoms with van der Waals surface area (Å²) in [6.07, 6.45) is 4.13. The monoisotopic (exact) mass is 413 g/mol. The molecular weight excluding hydrogens is 378 g/mol. The van der Waals surface area contributed by atoms with Crippen LogP contribution in [0.2, 0.25) is 0 Å². The molecule has 2 aromatic rings. The Kier molecular flexibility index (Phi) is 8.47. The van der Waals surface area contributed by atoms with Crippen molar-refractivity contribution < 1.29 is 4.74 Å². The summed E-state index contributed by atoms with van der Waals surface area (Å²) in [6.45, 7) is 6.81. The zero-order chi connectivity index (χ0) is 21.4. The van der Waals surface area contributed by atoms with Crippen molar-refractivity contribution in [3.63, 3.8) is 0 Å². The largest absolute Gasteiger partial charge is 0.496 e. The van der Waals surface area contributed by atoms with E-state index in [4.69, 9.17) is 4.74 Å². The lowest BCUT2D eigenvalue weighted by atomic mass is 9.72. The number of benzene rings is 2. The van der Waals surface area contributed by atoms with Gasteiger partial charge in [0.2, 0.25) is 0 Å². The number of rotatable bonds is 5. The minimum absolute atomic E-state index is 0.111. The van der Waals surface area contributed by atoms with E-state index in [0.717, 1.165) is 29.9 Å². The standard InChI is InChI=1S/C23H30N2O.CH5NS/c1-6-8-21(26-5)16-11-12-20-18(13-16)15-23(2,3)22(25-20)17-9-7-10-19(14-17)24-4;1-2-3/h7-14,22,24-25H,6,15H2,1-5H3;2-3H,1H3. The third kappa shape index (κ3) is 5.71. The number of fused-ring (bicyclic) bond motifs is 1. The molecule has 1 unspecified atom stereocenters. The molecule has 2 aromatic carbocycles. The molecule has 1 atom stereocenters. The molecule has 3 N–H and O–H groups in total. The van der Waals surface area contributed by atoms with Crippen molar-refractivity contribution >= 4 is 29.9 Å². The van der Waals surface area contributed by atoms with E-state index in [1.165, 1.54) is 16.8 Å². The van der Waals surface area contributed by atoms with Gasteiger partial charge in [-0.1, -0.05) is 45.7 Å². The van der Waals surface area contributed by atoms with Crippen LogP contribution in [0.3, 0.4) is 0 Å². The Morgan fingerprint density at radius 2 is 1.97 bits per heavy atom. The van der Waals surface area contributed by atoms with Crippen LogP contribution in [0.15, 0.2) is 48.5 Å². The van der Waals surface area contributed by atoms with Crippen LogP contribution in [0.5, 0.6) is 0 Å². The molecule has 0 radical (unpaired) electrons. The second-order valence-electron chi connectivity index (χ2n) is 7.89. The lowest BCUT2D eigenvalue weighted by molar-refractivity contribution is 0.295. The van der Waals surface area contributed by atoms with Gasteiger partial charge in [-0.15, -0.1) is 0 Å². The second kappa shape index (κ2) is 10.6. The van der Waals surface area contributed by atoms with E-state index >= 15 is 0 Å². The molecule has 0 aliphatic carbocycles. The van der Waals surface area contributed by atoms with Crippen LogP contribution in [0, 0.1) is 5.41 Å². The fourth-order valence-electron chi connectivity index (χ4n) is 3.89. The topological polar surface area (TPSA) is 45.3 Å². The van der Waals surface area contributed by atoms with E-state index in [-0.39, 0.29) is 11.5 Å². The summed E-state index contributed by atoms with van der Waals surface area (Å²) < 4.78 is 8.01. The molecule has 0 spiro atoms. The number of hydrogen-bond donors (Lipinski definition) is 4. The fourth-order valence-corrected chi connectivity index (χ4v) is 3.89. The Labute approximate surface area is 181 Å². The molecular formula is C24H35N3OS. The van der Waals surface area contributed by atoms with Gasteiger partial charge in [-0.3, -0.25) is 4.72 Å². The van der Waals surface area contributed by atoms with E-state index in [9.17, 15) is 0 Å². The molecule has 1 heterocycles. The molecule has 0 saturated heterocycles. The number of methoxy groups -OCH3 is 1. The highest BCUT2D eigenvalue weighted by Crippen LogP contribution is 2.45. The first-order valence-electron chi connectivity index (χ1n) is 10.1. The maximum atomic E-state index is 5.57. The third-order valence-electron chi connectivity index (χ3n) is 5.24. The highest BCUT2D eigenvalue weighted by Gasteiger charge is 2.36. The normalized spacial score (nSPS) is 17.3. The number of thiol groups is 1. The van der Waals surface area contributed by atoms with Gasteiger partial charge < -0.3 is 15.4 Å². The number of allylic oxidation sites excluding steroid dienone is 1. The Morgan fingerprint density at radius 3 is 2.59 bits per heavy atom. The van der Waals surface area contributed by atoms with Crippen molar-refractivity contribution in [2.75, 3.05) is 31.8 Å². The van der Waals surface area contributed by atoms with E-state index in [2.05, 4.69) is 97.5 Å². The number of anilines is 2. The molecule has 29 heavy (non-hydrogen) atoms. The molecule has 0 amide bonds. The lowest BCUT2D eigenvalue weighted by Crippen LogP contribution is -2.35. The van der Waals surface area contributed by atoms with Gasteiger partial charge in [0.05, 0.1) is 13.2 Å². The Balaban J connectivity index is 0.000000941. The molecule has 158 valence electrons. The summed E-state index contributed by atoms with van der Waals surface area (Å²) in [6, 6.07) is 15.6. The lowest BCUT2D eigenvalue weighted by Gasteiger charge is -2.41. The maximum absolute atomic E-state index is 5.57. The van der Waals surface area contributed by atoms with Crippen LogP contribution in [0.1, 0.15) is 49.9 Å². The highest BCUT2D eigenvalue weighted by molar-refractivity contribution is 7.78. The van der Waals surface area contributed by atoms with Crippen LogP contribution < -0.4 is 15.4 Å². The Morgan fingerprint density at radius 1 is 1.24 bits per heavy atom. The Bertz CT molecular complexity index is 833. The van der Waals surface area contributed by atoms with Gasteiger partial charge in [0.1, 0.15) is 5.76 Å². The highest BCUT2D eigenvalue weighted by atomic mass is 32.1. The van der Waals surface area contributed by atoms with Crippen LogP contribution >= 0.6 is 12.8 Å². The zero-order valence-corrected chi connectivity index (χ0v) is 19.4. The minimum atomic E-state index is 0.111. The van der Waals surface area contributed by atoms with Crippen molar-refractivity contribution in [1.82, 2.24) is 4.72 Å². The average molecular weight is 414 g/mol. The van der Waals surface area contributed by atoms with Gasteiger partial charge in [0, 0.05) is 24.0 Å². The van der Waals surface area contributed by atoms with Crippen LogP contribution in [-0.4, -0.2) is 21.2 Å². The van der Waals surface area contributed by atoms with Crippen LogP contribution in [0.25, 0.3) is 5.76 Å². The van der Waals surface area contributed by atoms with E-state index in [0.29, 0.717) is 0 Å². The van der Waals surface area contributed by atoms with Crippen molar-refractivity contribution in [3.05, 3.63) is 65.2 Å². The quantitative estimate of drug-likeness (QED) is 0.363. The average Bonchev–Trinajstić information content (AvgIpc) is 2.71. The summed E-state index contributed by atoms with van der Waals surface area (Å²) in [5.41, 5.74) is 6.31. The second-order valence-corrected chi connectivity index (χ2v) is 8.34. The van der Waals surface area contributed by atoms with Crippen LogP contribution in [0.4, 0.5) is 11.4 Å². The van der Waals surface area contributed by atoms with Gasteiger partial charge >= 0.3 is 0 Å². The predicted octanol–water partition coefficient (Wildman–Crippen LogP) is 5.91. The van der Waals surface area contributed by atoms with Crippen molar-refractivity contribution in [2.45, 2.75) is 39.7 Å². The Hall–Kier alpha value is -2.11. The summed E-state index contributed by atoms with van der Waals surface area (Å²) in [4.78, 5) is 0. The third-order valence-corrected chi connectivity index (χ3v) is 5.24. The predicted molar refractivity (Wildman–Crippen MR) is 130 cm³/mol. The fraction of sp³-hybridized carbons (Fsp3) is 0.417. The van der Waals surface area contributed by atoms with Crippen LogP contribution in [-0.2, 0) is 11.2 Å². The van der Waals surface area contributed by atoms with Gasteiger partial charge in [-0.05, 0) is 72.8 Å². The number of hydrogen-bond acceptors (Lipinski definition) is 5. The van der Waals surface area contributed by atoms with Gasteiger partial charge in [0.25, 0.3) is 0 Å². The molecule has 0 aromatic heterocycles. The van der Waals surface area contributed by atoms with E-state index in [1.54, 1.807) is 14.2 Å². The molecule has 3 rings (SSSR count). The molecule has 4 nitrogen and oxygen atoms in total. The molecule has 1 aliphatic heterocycles. The molecule has 0 bridgehead atoms. The van der Waals surface area contributed by atoms with Gasteiger partial charge in [0.15, 0.2) is 0 Å².